The number of benzene rings is 2. The second kappa shape index (κ2) is 8.33. The van der Waals surface area contributed by atoms with Crippen LogP contribution in [0.3, 0.4) is 0 Å². The standard InChI is InChI=1S/C23H28N2O4/c1-4-24-9-11-25(12-10-24)17-6-8-20-18(14-17)19(26)15-22(29-20)16-5-7-21(27-2)23(13-16)28-3/h5-8,13-14,22H,4,9-12,15H2,1-3H3. The molecular weight excluding hydrogens is 368 g/mol. The zero-order valence-electron chi connectivity index (χ0n) is 17.3. The Morgan fingerprint density at radius 3 is 2.45 bits per heavy atom. The van der Waals surface area contributed by atoms with Gasteiger partial charge in [-0.3, -0.25) is 4.79 Å². The van der Waals surface area contributed by atoms with E-state index in [1.54, 1.807) is 14.2 Å². The van der Waals surface area contributed by atoms with E-state index in [1.807, 2.05) is 30.3 Å². The Kier molecular flexibility index (Phi) is 5.62. The van der Waals surface area contributed by atoms with Crippen LogP contribution >= 0.6 is 0 Å². The lowest BCUT2D eigenvalue weighted by Gasteiger charge is -2.36. The van der Waals surface area contributed by atoms with Crippen LogP contribution in [-0.4, -0.2) is 57.6 Å². The molecule has 154 valence electrons. The van der Waals surface area contributed by atoms with Crippen LogP contribution in [0, 0.1) is 0 Å². The maximum absolute atomic E-state index is 12.9. The van der Waals surface area contributed by atoms with Crippen molar-refractivity contribution in [1.29, 1.82) is 0 Å². The first-order valence-corrected chi connectivity index (χ1v) is 10.2. The summed E-state index contributed by atoms with van der Waals surface area (Å²) < 4.78 is 16.9. The van der Waals surface area contributed by atoms with Gasteiger partial charge in [0.15, 0.2) is 17.3 Å². The van der Waals surface area contributed by atoms with Gasteiger partial charge in [0, 0.05) is 31.9 Å². The van der Waals surface area contributed by atoms with Gasteiger partial charge in [-0.25, -0.2) is 0 Å². The van der Waals surface area contributed by atoms with Crippen molar-refractivity contribution in [3.05, 3.63) is 47.5 Å². The van der Waals surface area contributed by atoms with Crippen molar-refractivity contribution in [2.45, 2.75) is 19.4 Å². The molecule has 1 saturated heterocycles. The van der Waals surface area contributed by atoms with Gasteiger partial charge in [-0.2, -0.15) is 0 Å². The van der Waals surface area contributed by atoms with E-state index in [2.05, 4.69) is 22.8 Å². The molecule has 0 bridgehead atoms. The summed E-state index contributed by atoms with van der Waals surface area (Å²) in [4.78, 5) is 17.7. The number of hydrogen-bond donors (Lipinski definition) is 0. The second-order valence-electron chi connectivity index (χ2n) is 7.45. The largest absolute Gasteiger partial charge is 0.493 e. The maximum atomic E-state index is 12.9. The topological polar surface area (TPSA) is 51.2 Å². The predicted octanol–water partition coefficient (Wildman–Crippen LogP) is 3.55. The van der Waals surface area contributed by atoms with Gasteiger partial charge in [0.1, 0.15) is 11.9 Å². The molecule has 2 aromatic rings. The number of methoxy groups -OCH3 is 2. The number of ketones is 1. The molecule has 2 aliphatic rings. The molecule has 0 aliphatic carbocycles. The molecule has 1 unspecified atom stereocenters. The van der Waals surface area contributed by atoms with Gasteiger partial charge in [-0.15, -0.1) is 0 Å². The van der Waals surface area contributed by atoms with E-state index in [9.17, 15) is 4.79 Å². The number of hydrogen-bond acceptors (Lipinski definition) is 6. The van der Waals surface area contributed by atoms with Gasteiger partial charge in [0.2, 0.25) is 0 Å². The molecule has 2 heterocycles. The van der Waals surface area contributed by atoms with E-state index in [1.165, 1.54) is 0 Å². The fourth-order valence-electron chi connectivity index (χ4n) is 4.07. The fraction of sp³-hybridized carbons (Fsp3) is 0.435. The van der Waals surface area contributed by atoms with Crippen LogP contribution in [0.4, 0.5) is 5.69 Å². The minimum Gasteiger partial charge on any atom is -0.493 e. The smallest absolute Gasteiger partial charge is 0.170 e. The number of piperazine rings is 1. The lowest BCUT2D eigenvalue weighted by molar-refractivity contribution is 0.0849. The Bertz CT molecular complexity index is 890. The van der Waals surface area contributed by atoms with Crippen molar-refractivity contribution in [3.63, 3.8) is 0 Å². The second-order valence-corrected chi connectivity index (χ2v) is 7.45. The van der Waals surface area contributed by atoms with Gasteiger partial charge in [0.05, 0.1) is 26.2 Å². The Morgan fingerprint density at radius 1 is 1.00 bits per heavy atom. The Hall–Kier alpha value is -2.73. The van der Waals surface area contributed by atoms with E-state index in [0.717, 1.165) is 44.0 Å². The van der Waals surface area contributed by atoms with Crippen LogP contribution in [0.5, 0.6) is 17.2 Å². The van der Waals surface area contributed by atoms with Gasteiger partial charge >= 0.3 is 0 Å². The SMILES string of the molecule is CCN1CCN(c2ccc3c(c2)C(=O)CC(c2ccc(OC)c(OC)c2)O3)CC1. The number of likely N-dealkylation sites (N-methyl/N-ethyl adjacent to an activating group) is 1. The summed E-state index contributed by atoms with van der Waals surface area (Å²) >= 11 is 0. The van der Waals surface area contributed by atoms with Crippen LogP contribution in [0.25, 0.3) is 0 Å². The van der Waals surface area contributed by atoms with Gasteiger partial charge < -0.3 is 24.0 Å². The average molecular weight is 396 g/mol. The Labute approximate surface area is 172 Å². The maximum Gasteiger partial charge on any atom is 0.170 e. The minimum atomic E-state index is -0.325. The van der Waals surface area contributed by atoms with Gasteiger partial charge in [-0.1, -0.05) is 13.0 Å². The quantitative estimate of drug-likeness (QED) is 0.770. The first-order chi connectivity index (χ1) is 14.1. The lowest BCUT2D eigenvalue weighted by Crippen LogP contribution is -2.46. The highest BCUT2D eigenvalue weighted by Gasteiger charge is 2.29. The molecule has 0 radical (unpaired) electrons. The van der Waals surface area contributed by atoms with E-state index >= 15 is 0 Å². The van der Waals surface area contributed by atoms with Crippen LogP contribution < -0.4 is 19.1 Å². The van der Waals surface area contributed by atoms with Crippen molar-refractivity contribution in [2.24, 2.45) is 0 Å². The number of carbonyl (C=O) groups excluding carboxylic acids is 1. The van der Waals surface area contributed by atoms with E-state index in [4.69, 9.17) is 14.2 Å². The molecule has 0 aromatic heterocycles. The molecule has 0 N–H and O–H groups in total. The third kappa shape index (κ3) is 3.90. The molecule has 0 amide bonds. The first kappa shape index (κ1) is 19.6. The zero-order valence-corrected chi connectivity index (χ0v) is 17.3. The third-order valence-electron chi connectivity index (χ3n) is 5.87. The number of carbonyl (C=O) groups is 1. The molecular formula is C23H28N2O4. The van der Waals surface area contributed by atoms with Crippen LogP contribution in [0.1, 0.15) is 35.4 Å². The highest BCUT2D eigenvalue weighted by Crippen LogP contribution is 2.39. The Morgan fingerprint density at radius 2 is 1.76 bits per heavy atom. The van der Waals surface area contributed by atoms with E-state index < -0.39 is 0 Å². The third-order valence-corrected chi connectivity index (χ3v) is 5.87. The molecule has 2 aromatic carbocycles. The fourth-order valence-corrected chi connectivity index (χ4v) is 4.07. The van der Waals surface area contributed by atoms with Crippen molar-refractivity contribution >= 4 is 11.5 Å². The van der Waals surface area contributed by atoms with Crippen molar-refractivity contribution in [3.8, 4) is 17.2 Å². The predicted molar refractivity (Wildman–Crippen MR) is 113 cm³/mol. The van der Waals surface area contributed by atoms with Crippen molar-refractivity contribution < 1.29 is 19.0 Å². The first-order valence-electron chi connectivity index (χ1n) is 10.2. The molecule has 6 heteroatoms. The molecule has 6 nitrogen and oxygen atoms in total. The molecule has 2 aliphatic heterocycles. The highest BCUT2D eigenvalue weighted by molar-refractivity contribution is 6.01. The summed E-state index contributed by atoms with van der Waals surface area (Å²) in [7, 11) is 3.21. The molecule has 1 fully saturated rings. The normalized spacial score (nSPS) is 19.5. The Balaban J connectivity index is 1.54. The van der Waals surface area contributed by atoms with Crippen LogP contribution in [0.15, 0.2) is 36.4 Å². The number of ether oxygens (including phenoxy) is 3. The summed E-state index contributed by atoms with van der Waals surface area (Å²) in [5, 5.41) is 0. The van der Waals surface area contributed by atoms with Crippen LogP contribution in [-0.2, 0) is 0 Å². The summed E-state index contributed by atoms with van der Waals surface area (Å²) in [6, 6.07) is 11.6. The zero-order chi connectivity index (χ0) is 20.4. The highest BCUT2D eigenvalue weighted by atomic mass is 16.5. The van der Waals surface area contributed by atoms with Crippen LogP contribution in [0.2, 0.25) is 0 Å². The van der Waals surface area contributed by atoms with Crippen molar-refractivity contribution in [2.75, 3.05) is 51.8 Å². The number of Topliss-reactive ketones (excluding diaryl/α,β-unsaturated/α-hetero) is 1. The number of anilines is 1. The average Bonchev–Trinajstić information content (AvgIpc) is 2.78. The van der Waals surface area contributed by atoms with Gasteiger partial charge in [-0.05, 0) is 42.4 Å². The number of fused-ring (bicyclic) bond motifs is 1. The summed E-state index contributed by atoms with van der Waals surface area (Å²) in [5.41, 5.74) is 2.68. The molecule has 0 spiro atoms. The summed E-state index contributed by atoms with van der Waals surface area (Å²) in [5.74, 6) is 2.05. The summed E-state index contributed by atoms with van der Waals surface area (Å²) in [6.45, 7) is 7.35. The van der Waals surface area contributed by atoms with E-state index in [-0.39, 0.29) is 11.9 Å². The van der Waals surface area contributed by atoms with E-state index in [0.29, 0.717) is 29.2 Å². The lowest BCUT2D eigenvalue weighted by atomic mass is 9.95. The molecule has 0 saturated carbocycles. The molecule has 4 rings (SSSR count). The van der Waals surface area contributed by atoms with Gasteiger partial charge in [0.25, 0.3) is 0 Å². The minimum absolute atomic E-state index is 0.111. The summed E-state index contributed by atoms with van der Waals surface area (Å²) in [6.07, 6.45) is -0.0102. The number of rotatable bonds is 5. The van der Waals surface area contributed by atoms with Crippen molar-refractivity contribution in [1.82, 2.24) is 4.90 Å². The number of nitrogens with zero attached hydrogens (tertiary/aromatic N) is 2. The molecule has 1 atom stereocenters. The monoisotopic (exact) mass is 396 g/mol. The molecule has 29 heavy (non-hydrogen) atoms.